The Kier molecular flexibility index (Phi) is 6.87. The van der Waals surface area contributed by atoms with Gasteiger partial charge in [0.15, 0.2) is 11.5 Å². The van der Waals surface area contributed by atoms with Crippen molar-refractivity contribution in [2.45, 2.75) is 39.5 Å². The highest BCUT2D eigenvalue weighted by molar-refractivity contribution is 9.10. The van der Waals surface area contributed by atoms with Crippen LogP contribution in [0.2, 0.25) is 0 Å². The number of aliphatic hydroxyl groups is 1. The Hall–Kier alpha value is -1.56. The molecule has 136 valence electrons. The van der Waals surface area contributed by atoms with E-state index in [1.54, 1.807) is 7.11 Å². The predicted molar refractivity (Wildman–Crippen MR) is 104 cm³/mol. The lowest BCUT2D eigenvalue weighted by molar-refractivity contribution is 0.187. The van der Waals surface area contributed by atoms with Gasteiger partial charge in [0.25, 0.3) is 0 Å². The van der Waals surface area contributed by atoms with Gasteiger partial charge in [0, 0.05) is 16.6 Å². The lowest BCUT2D eigenvalue weighted by Crippen LogP contribution is -2.42. The molecule has 0 amide bonds. The van der Waals surface area contributed by atoms with E-state index in [1.807, 2.05) is 26.0 Å². The Morgan fingerprint density at radius 2 is 1.80 bits per heavy atom. The molecule has 0 saturated carbocycles. The summed E-state index contributed by atoms with van der Waals surface area (Å²) in [6.45, 7) is 7.14. The largest absolute Gasteiger partial charge is 0.493 e. The number of hydrogen-bond acceptors (Lipinski definition) is 4. The van der Waals surface area contributed by atoms with Gasteiger partial charge in [0.05, 0.1) is 13.7 Å². The molecule has 2 aromatic rings. The standard InChI is InChI=1S/C20H26BrNO3/c1-14-5-7-15(8-6-14)12-25-19-10-17(21)16(9-18(19)24-4)11-22-20(2,3)13-23/h5-10,22-23H,11-13H2,1-4H3. The monoisotopic (exact) mass is 407 g/mol. The van der Waals surface area contributed by atoms with E-state index >= 15 is 0 Å². The first-order valence-electron chi connectivity index (χ1n) is 8.25. The zero-order valence-electron chi connectivity index (χ0n) is 15.2. The lowest BCUT2D eigenvalue weighted by Gasteiger charge is -2.24. The van der Waals surface area contributed by atoms with Gasteiger partial charge in [-0.15, -0.1) is 0 Å². The van der Waals surface area contributed by atoms with Gasteiger partial charge in [0.1, 0.15) is 6.61 Å². The van der Waals surface area contributed by atoms with Gasteiger partial charge in [-0.1, -0.05) is 45.8 Å². The Morgan fingerprint density at radius 1 is 1.12 bits per heavy atom. The second-order valence-electron chi connectivity index (χ2n) is 6.76. The highest BCUT2D eigenvalue weighted by Crippen LogP contribution is 2.34. The van der Waals surface area contributed by atoms with Crippen molar-refractivity contribution >= 4 is 15.9 Å². The molecule has 2 aromatic carbocycles. The number of nitrogens with one attached hydrogen (secondary N) is 1. The predicted octanol–water partition coefficient (Wildman–Crippen LogP) is 4.21. The number of methoxy groups -OCH3 is 1. The average Bonchev–Trinajstić information content (AvgIpc) is 2.60. The Balaban J connectivity index is 2.11. The van der Waals surface area contributed by atoms with Crippen molar-refractivity contribution in [1.82, 2.24) is 5.32 Å². The molecular formula is C20H26BrNO3. The van der Waals surface area contributed by atoms with Gasteiger partial charge in [-0.2, -0.15) is 0 Å². The summed E-state index contributed by atoms with van der Waals surface area (Å²) in [6, 6.07) is 12.1. The maximum atomic E-state index is 9.36. The van der Waals surface area contributed by atoms with Crippen LogP contribution in [0.3, 0.4) is 0 Å². The molecule has 0 aliphatic rings. The minimum atomic E-state index is -0.340. The molecule has 4 nitrogen and oxygen atoms in total. The molecule has 0 radical (unpaired) electrons. The molecule has 0 unspecified atom stereocenters. The zero-order valence-corrected chi connectivity index (χ0v) is 16.8. The van der Waals surface area contributed by atoms with Crippen LogP contribution in [0.15, 0.2) is 40.9 Å². The highest BCUT2D eigenvalue weighted by atomic mass is 79.9. The van der Waals surface area contributed by atoms with E-state index in [1.165, 1.54) is 5.56 Å². The number of ether oxygens (including phenoxy) is 2. The van der Waals surface area contributed by atoms with Gasteiger partial charge in [-0.3, -0.25) is 0 Å². The van der Waals surface area contributed by atoms with Crippen LogP contribution in [-0.4, -0.2) is 24.4 Å². The summed E-state index contributed by atoms with van der Waals surface area (Å²) in [6.07, 6.45) is 0. The fourth-order valence-electron chi connectivity index (χ4n) is 2.22. The number of benzene rings is 2. The van der Waals surface area contributed by atoms with Crippen molar-refractivity contribution < 1.29 is 14.6 Å². The molecule has 0 aromatic heterocycles. The molecule has 0 fully saturated rings. The van der Waals surface area contributed by atoms with Crippen molar-refractivity contribution in [2.24, 2.45) is 0 Å². The highest BCUT2D eigenvalue weighted by Gasteiger charge is 2.17. The third-order valence-corrected chi connectivity index (χ3v) is 4.74. The number of aryl methyl sites for hydroxylation is 1. The Morgan fingerprint density at radius 3 is 2.40 bits per heavy atom. The van der Waals surface area contributed by atoms with E-state index in [0.717, 1.165) is 15.6 Å². The smallest absolute Gasteiger partial charge is 0.162 e. The second kappa shape index (κ2) is 8.70. The molecule has 5 heteroatoms. The normalized spacial score (nSPS) is 11.4. The van der Waals surface area contributed by atoms with Gasteiger partial charge in [0.2, 0.25) is 0 Å². The van der Waals surface area contributed by atoms with Crippen molar-refractivity contribution in [1.29, 1.82) is 0 Å². The Labute approximate surface area is 158 Å². The maximum Gasteiger partial charge on any atom is 0.162 e. The van der Waals surface area contributed by atoms with Crippen LogP contribution >= 0.6 is 15.9 Å². The van der Waals surface area contributed by atoms with Crippen LogP contribution in [0, 0.1) is 6.92 Å². The molecule has 2 rings (SSSR count). The minimum Gasteiger partial charge on any atom is -0.493 e. The molecule has 25 heavy (non-hydrogen) atoms. The van der Waals surface area contributed by atoms with E-state index in [2.05, 4.69) is 52.4 Å². The molecule has 0 aliphatic carbocycles. The summed E-state index contributed by atoms with van der Waals surface area (Å²) < 4.78 is 12.4. The van der Waals surface area contributed by atoms with Crippen molar-refractivity contribution in [3.63, 3.8) is 0 Å². The molecule has 0 aliphatic heterocycles. The van der Waals surface area contributed by atoms with E-state index in [4.69, 9.17) is 9.47 Å². The number of halogens is 1. The lowest BCUT2D eigenvalue weighted by atomic mass is 10.1. The first kappa shape index (κ1) is 19.8. The second-order valence-corrected chi connectivity index (χ2v) is 7.62. The molecule has 0 bridgehead atoms. The van der Waals surface area contributed by atoms with Crippen molar-refractivity contribution in [3.05, 3.63) is 57.6 Å². The molecule has 0 saturated heterocycles. The molecule has 0 atom stereocenters. The van der Waals surface area contributed by atoms with E-state index in [-0.39, 0.29) is 12.1 Å². The van der Waals surface area contributed by atoms with E-state index in [0.29, 0.717) is 24.7 Å². The van der Waals surface area contributed by atoms with Crippen LogP contribution in [0.1, 0.15) is 30.5 Å². The fourth-order valence-corrected chi connectivity index (χ4v) is 2.68. The molecule has 0 heterocycles. The van der Waals surface area contributed by atoms with Gasteiger partial charge < -0.3 is 19.9 Å². The molecule has 2 N–H and O–H groups in total. The zero-order chi connectivity index (χ0) is 18.4. The number of hydrogen-bond donors (Lipinski definition) is 2. The summed E-state index contributed by atoms with van der Waals surface area (Å²) >= 11 is 3.60. The SMILES string of the molecule is COc1cc(CNC(C)(C)CO)c(Br)cc1OCc1ccc(C)cc1. The van der Waals surface area contributed by atoms with Crippen molar-refractivity contribution in [3.8, 4) is 11.5 Å². The first-order chi connectivity index (χ1) is 11.8. The quantitative estimate of drug-likeness (QED) is 0.687. The molecule has 0 spiro atoms. The van der Waals surface area contributed by atoms with Gasteiger partial charge in [-0.05, 0) is 44.0 Å². The van der Waals surface area contributed by atoms with Crippen LogP contribution < -0.4 is 14.8 Å². The number of rotatable bonds is 8. The first-order valence-corrected chi connectivity index (χ1v) is 9.04. The summed E-state index contributed by atoms with van der Waals surface area (Å²) in [5, 5.41) is 12.7. The fraction of sp³-hybridized carbons (Fsp3) is 0.400. The van der Waals surface area contributed by atoms with Crippen LogP contribution in [-0.2, 0) is 13.2 Å². The van der Waals surface area contributed by atoms with E-state index in [9.17, 15) is 5.11 Å². The Bertz CT molecular complexity index is 699. The number of aliphatic hydroxyl groups excluding tert-OH is 1. The van der Waals surface area contributed by atoms with Gasteiger partial charge >= 0.3 is 0 Å². The van der Waals surface area contributed by atoms with Crippen molar-refractivity contribution in [2.75, 3.05) is 13.7 Å². The maximum absolute atomic E-state index is 9.36. The van der Waals surface area contributed by atoms with Crippen LogP contribution in [0.25, 0.3) is 0 Å². The van der Waals surface area contributed by atoms with Crippen LogP contribution in [0.5, 0.6) is 11.5 Å². The third-order valence-electron chi connectivity index (χ3n) is 4.00. The average molecular weight is 408 g/mol. The molecular weight excluding hydrogens is 382 g/mol. The van der Waals surface area contributed by atoms with E-state index < -0.39 is 0 Å². The summed E-state index contributed by atoms with van der Waals surface area (Å²) in [5.41, 5.74) is 3.04. The third kappa shape index (κ3) is 5.73. The summed E-state index contributed by atoms with van der Waals surface area (Å²) in [5.74, 6) is 1.38. The summed E-state index contributed by atoms with van der Waals surface area (Å²) in [4.78, 5) is 0. The van der Waals surface area contributed by atoms with Crippen LogP contribution in [0.4, 0.5) is 0 Å². The topological polar surface area (TPSA) is 50.7 Å². The van der Waals surface area contributed by atoms with Gasteiger partial charge in [-0.25, -0.2) is 0 Å². The summed E-state index contributed by atoms with van der Waals surface area (Å²) in [7, 11) is 1.64. The minimum absolute atomic E-state index is 0.0689.